The normalized spacial score (nSPS) is 11.5. The minimum atomic E-state index is 0.505. The van der Waals surface area contributed by atoms with Gasteiger partial charge < -0.3 is 5.73 Å². The smallest absolute Gasteiger partial charge is 0.0354 e. The Morgan fingerprint density at radius 1 is 0.933 bits per heavy atom. The highest BCUT2D eigenvalue weighted by atomic mass is 14.6. The van der Waals surface area contributed by atoms with Gasteiger partial charge in [-0.3, -0.25) is 0 Å². The van der Waals surface area contributed by atoms with Crippen molar-refractivity contribution in [3.63, 3.8) is 0 Å². The molecule has 1 rings (SSSR count). The van der Waals surface area contributed by atoms with E-state index >= 15 is 0 Å². The lowest BCUT2D eigenvalue weighted by atomic mass is 9.87. The molecule has 0 radical (unpaired) electrons. The number of nitrogens with two attached hydrogens (primary N) is 1. The number of hydrogen-bond donors (Lipinski definition) is 1. The average molecular weight is 205 g/mol. The van der Waals surface area contributed by atoms with E-state index in [0.717, 1.165) is 5.69 Å². The molecule has 0 saturated heterocycles. The molecular formula is C14H23N. The van der Waals surface area contributed by atoms with Crippen LogP contribution < -0.4 is 5.73 Å². The first-order valence-corrected chi connectivity index (χ1v) is 5.75. The van der Waals surface area contributed by atoms with E-state index < -0.39 is 0 Å². The maximum atomic E-state index is 6.13. The molecule has 0 aliphatic rings. The van der Waals surface area contributed by atoms with E-state index in [1.54, 1.807) is 0 Å². The Labute approximate surface area is 93.7 Å². The third kappa shape index (κ3) is 2.17. The number of hydrogen-bond acceptors (Lipinski definition) is 1. The fraction of sp³-hybridized carbons (Fsp3) is 0.571. The Bertz CT molecular complexity index is 362. The van der Waals surface area contributed by atoms with Gasteiger partial charge in [0.25, 0.3) is 0 Å². The number of benzene rings is 1. The number of nitrogen functional groups attached to an aromatic ring is 1. The standard InChI is InChI=1S/C14H23N/c1-8(2)12-7-13(15)14(9(3)4)11(6)10(12)5/h7-9H,15H2,1-6H3. The van der Waals surface area contributed by atoms with Gasteiger partial charge in [0, 0.05) is 5.69 Å². The molecule has 0 saturated carbocycles. The highest BCUT2D eigenvalue weighted by molar-refractivity contribution is 5.58. The van der Waals surface area contributed by atoms with Crippen LogP contribution >= 0.6 is 0 Å². The molecule has 0 amide bonds. The molecule has 0 aliphatic heterocycles. The zero-order valence-corrected chi connectivity index (χ0v) is 10.8. The van der Waals surface area contributed by atoms with Gasteiger partial charge in [-0.05, 0) is 54.0 Å². The summed E-state index contributed by atoms with van der Waals surface area (Å²) in [6.07, 6.45) is 0. The van der Waals surface area contributed by atoms with Crippen LogP contribution in [-0.4, -0.2) is 0 Å². The molecule has 0 fully saturated rings. The molecule has 0 heterocycles. The van der Waals surface area contributed by atoms with Crippen molar-refractivity contribution in [3.8, 4) is 0 Å². The second-order valence-electron chi connectivity index (χ2n) is 5.03. The van der Waals surface area contributed by atoms with Crippen LogP contribution in [-0.2, 0) is 0 Å². The SMILES string of the molecule is Cc1c(C(C)C)cc(N)c(C(C)C)c1C. The van der Waals surface area contributed by atoms with Gasteiger partial charge in [-0.2, -0.15) is 0 Å². The van der Waals surface area contributed by atoms with Crippen LogP contribution in [0.1, 0.15) is 61.8 Å². The van der Waals surface area contributed by atoms with Crippen molar-refractivity contribution in [2.75, 3.05) is 5.73 Å². The number of rotatable bonds is 2. The van der Waals surface area contributed by atoms with Crippen LogP contribution in [0.3, 0.4) is 0 Å². The van der Waals surface area contributed by atoms with Crippen molar-refractivity contribution in [2.24, 2.45) is 0 Å². The molecular weight excluding hydrogens is 182 g/mol. The van der Waals surface area contributed by atoms with E-state index in [1.807, 2.05) is 0 Å². The lowest BCUT2D eigenvalue weighted by Gasteiger charge is -2.20. The molecule has 0 spiro atoms. The van der Waals surface area contributed by atoms with Gasteiger partial charge in [0.1, 0.15) is 0 Å². The Kier molecular flexibility index (Phi) is 3.43. The summed E-state index contributed by atoms with van der Waals surface area (Å²) in [6.45, 7) is 13.2. The molecule has 1 aromatic rings. The third-order valence-electron chi connectivity index (χ3n) is 3.22. The van der Waals surface area contributed by atoms with Crippen LogP contribution in [0, 0.1) is 13.8 Å². The zero-order chi connectivity index (χ0) is 11.7. The largest absolute Gasteiger partial charge is 0.398 e. The van der Waals surface area contributed by atoms with Gasteiger partial charge in [-0.25, -0.2) is 0 Å². The van der Waals surface area contributed by atoms with Crippen molar-refractivity contribution < 1.29 is 0 Å². The van der Waals surface area contributed by atoms with Crippen LogP contribution in [0.15, 0.2) is 6.07 Å². The van der Waals surface area contributed by atoms with E-state index in [2.05, 4.69) is 47.6 Å². The fourth-order valence-electron chi connectivity index (χ4n) is 2.35. The predicted molar refractivity (Wildman–Crippen MR) is 68.5 cm³/mol. The summed E-state index contributed by atoms with van der Waals surface area (Å²) in [5, 5.41) is 0. The first kappa shape index (κ1) is 12.1. The van der Waals surface area contributed by atoms with Crippen LogP contribution in [0.5, 0.6) is 0 Å². The molecule has 2 N–H and O–H groups in total. The van der Waals surface area contributed by atoms with Crippen molar-refractivity contribution in [1.29, 1.82) is 0 Å². The lowest BCUT2D eigenvalue weighted by molar-refractivity contribution is 0.828. The third-order valence-corrected chi connectivity index (χ3v) is 3.22. The van der Waals surface area contributed by atoms with Crippen LogP contribution in [0.4, 0.5) is 5.69 Å². The Balaban J connectivity index is 3.44. The molecule has 1 aromatic carbocycles. The van der Waals surface area contributed by atoms with Gasteiger partial charge in [0.15, 0.2) is 0 Å². The average Bonchev–Trinajstić information content (AvgIpc) is 2.10. The quantitative estimate of drug-likeness (QED) is 0.722. The van der Waals surface area contributed by atoms with Gasteiger partial charge in [0.05, 0.1) is 0 Å². The molecule has 15 heavy (non-hydrogen) atoms. The summed E-state index contributed by atoms with van der Waals surface area (Å²) in [6, 6.07) is 2.16. The summed E-state index contributed by atoms with van der Waals surface area (Å²) in [5.74, 6) is 1.05. The van der Waals surface area contributed by atoms with E-state index in [4.69, 9.17) is 5.73 Å². The molecule has 1 nitrogen and oxygen atoms in total. The van der Waals surface area contributed by atoms with Gasteiger partial charge in [-0.1, -0.05) is 27.7 Å². The lowest BCUT2D eigenvalue weighted by Crippen LogP contribution is -2.05. The second kappa shape index (κ2) is 4.26. The topological polar surface area (TPSA) is 26.0 Å². The van der Waals surface area contributed by atoms with E-state index in [9.17, 15) is 0 Å². The molecule has 0 atom stereocenters. The summed E-state index contributed by atoms with van der Waals surface area (Å²) in [4.78, 5) is 0. The zero-order valence-electron chi connectivity index (χ0n) is 10.8. The highest BCUT2D eigenvalue weighted by Gasteiger charge is 2.14. The Morgan fingerprint density at radius 2 is 1.47 bits per heavy atom. The van der Waals surface area contributed by atoms with Gasteiger partial charge in [0.2, 0.25) is 0 Å². The minimum Gasteiger partial charge on any atom is -0.398 e. The molecule has 84 valence electrons. The molecule has 0 aliphatic carbocycles. The summed E-state index contributed by atoms with van der Waals surface area (Å²) < 4.78 is 0. The first-order chi connectivity index (χ1) is 6.86. The van der Waals surface area contributed by atoms with Crippen LogP contribution in [0.25, 0.3) is 0 Å². The van der Waals surface area contributed by atoms with E-state index in [1.165, 1.54) is 22.3 Å². The van der Waals surface area contributed by atoms with Crippen molar-refractivity contribution in [3.05, 3.63) is 28.3 Å². The second-order valence-corrected chi connectivity index (χ2v) is 5.03. The molecule has 0 unspecified atom stereocenters. The first-order valence-electron chi connectivity index (χ1n) is 5.75. The van der Waals surface area contributed by atoms with E-state index in [-0.39, 0.29) is 0 Å². The molecule has 1 heteroatoms. The Hall–Kier alpha value is -0.980. The maximum Gasteiger partial charge on any atom is 0.0354 e. The molecule has 0 bridgehead atoms. The maximum absolute atomic E-state index is 6.13. The monoisotopic (exact) mass is 205 g/mol. The highest BCUT2D eigenvalue weighted by Crippen LogP contribution is 2.33. The van der Waals surface area contributed by atoms with Crippen molar-refractivity contribution in [2.45, 2.75) is 53.4 Å². The van der Waals surface area contributed by atoms with E-state index in [0.29, 0.717) is 11.8 Å². The van der Waals surface area contributed by atoms with Crippen molar-refractivity contribution in [1.82, 2.24) is 0 Å². The fourth-order valence-corrected chi connectivity index (χ4v) is 2.35. The summed E-state index contributed by atoms with van der Waals surface area (Å²) in [7, 11) is 0. The Morgan fingerprint density at radius 3 is 1.87 bits per heavy atom. The minimum absolute atomic E-state index is 0.505. The predicted octanol–water partition coefficient (Wildman–Crippen LogP) is 4.13. The van der Waals surface area contributed by atoms with Gasteiger partial charge >= 0.3 is 0 Å². The van der Waals surface area contributed by atoms with Gasteiger partial charge in [-0.15, -0.1) is 0 Å². The van der Waals surface area contributed by atoms with Crippen molar-refractivity contribution >= 4 is 5.69 Å². The number of anilines is 1. The summed E-state index contributed by atoms with van der Waals surface area (Å²) >= 11 is 0. The van der Waals surface area contributed by atoms with Crippen LogP contribution in [0.2, 0.25) is 0 Å². The molecule has 0 aromatic heterocycles. The summed E-state index contributed by atoms with van der Waals surface area (Å²) in [5.41, 5.74) is 12.6.